The highest BCUT2D eigenvalue weighted by Gasteiger charge is 2.32. The molecule has 0 amide bonds. The maximum atomic E-state index is 13.6. The molecule has 32 heavy (non-hydrogen) atoms. The monoisotopic (exact) mass is 444 g/mol. The van der Waals surface area contributed by atoms with Crippen molar-refractivity contribution in [2.45, 2.75) is 38.9 Å². The lowest BCUT2D eigenvalue weighted by Gasteiger charge is -2.16. The largest absolute Gasteiger partial charge is 0.433 e. The summed E-state index contributed by atoms with van der Waals surface area (Å²) in [6, 6.07) is 9.23. The van der Waals surface area contributed by atoms with Gasteiger partial charge in [-0.2, -0.15) is 28.1 Å². The minimum atomic E-state index is -4.59. The van der Waals surface area contributed by atoms with Crippen LogP contribution in [0.25, 0.3) is 11.5 Å². The van der Waals surface area contributed by atoms with Gasteiger partial charge in [-0.25, -0.2) is 9.37 Å². The van der Waals surface area contributed by atoms with E-state index in [4.69, 9.17) is 0 Å². The molecule has 2 heterocycles. The summed E-state index contributed by atoms with van der Waals surface area (Å²) in [5.41, 5.74) is 1.71. The quantitative estimate of drug-likeness (QED) is 0.472. The summed E-state index contributed by atoms with van der Waals surface area (Å²) in [4.78, 5) is 16.6. The van der Waals surface area contributed by atoms with E-state index in [9.17, 15) is 17.6 Å². The molecule has 1 atom stereocenters. The van der Waals surface area contributed by atoms with E-state index in [2.05, 4.69) is 30.6 Å². The van der Waals surface area contributed by atoms with Crippen LogP contribution in [0.3, 0.4) is 0 Å². The molecule has 1 aliphatic rings. The van der Waals surface area contributed by atoms with Crippen molar-refractivity contribution < 1.29 is 17.6 Å². The minimum absolute atomic E-state index is 0.0175. The second-order valence-corrected chi connectivity index (χ2v) is 7.49. The summed E-state index contributed by atoms with van der Waals surface area (Å²) >= 11 is 0. The van der Waals surface area contributed by atoms with Crippen molar-refractivity contribution in [3.05, 3.63) is 70.8 Å². The Labute approximate surface area is 181 Å². The summed E-state index contributed by atoms with van der Waals surface area (Å²) in [5, 5.41) is 6.15. The summed E-state index contributed by atoms with van der Waals surface area (Å²) in [7, 11) is 0. The smallest absolute Gasteiger partial charge is 0.348 e. The van der Waals surface area contributed by atoms with Gasteiger partial charge in [0.25, 0.3) is 0 Å². The zero-order valence-electron chi connectivity index (χ0n) is 17.3. The van der Waals surface area contributed by atoms with E-state index in [0.717, 1.165) is 24.6 Å². The van der Waals surface area contributed by atoms with Crippen LogP contribution in [0.1, 0.15) is 44.0 Å². The van der Waals surface area contributed by atoms with Gasteiger partial charge in [0.05, 0.1) is 6.04 Å². The number of anilines is 2. The molecule has 4 rings (SSSR count). The Balaban J connectivity index is 1.70. The molecular formula is C22H20F4N6. The van der Waals surface area contributed by atoms with Crippen molar-refractivity contribution in [1.82, 2.24) is 19.9 Å². The molecule has 166 valence electrons. The molecule has 1 unspecified atom stereocenters. The highest BCUT2D eigenvalue weighted by atomic mass is 19.4. The van der Waals surface area contributed by atoms with Gasteiger partial charge in [-0.3, -0.25) is 0 Å². The molecule has 0 spiro atoms. The number of hydrogen-bond donors (Lipinski definition) is 2. The summed E-state index contributed by atoms with van der Waals surface area (Å²) in [6.07, 6.45) is -2.63. The number of nitrogens with zero attached hydrogens (tertiary/aromatic N) is 4. The van der Waals surface area contributed by atoms with Gasteiger partial charge >= 0.3 is 6.18 Å². The number of allylic oxidation sites excluding steroid dienone is 2. The van der Waals surface area contributed by atoms with Crippen LogP contribution in [0.4, 0.5) is 29.5 Å². The first-order valence-corrected chi connectivity index (χ1v) is 9.97. The number of aromatic nitrogens is 4. The van der Waals surface area contributed by atoms with Gasteiger partial charge in [0.2, 0.25) is 11.9 Å². The van der Waals surface area contributed by atoms with Crippen molar-refractivity contribution in [3.8, 4) is 11.5 Å². The molecule has 1 aromatic carbocycles. The fourth-order valence-electron chi connectivity index (χ4n) is 3.07. The highest BCUT2D eigenvalue weighted by molar-refractivity contribution is 5.55. The molecule has 0 saturated heterocycles. The van der Waals surface area contributed by atoms with Crippen LogP contribution in [-0.2, 0) is 6.18 Å². The number of hydrogen-bond acceptors (Lipinski definition) is 6. The SMILES string of the molecule is CC(Nc1nc(NC(C)c2cccc(F)c2)nc(-c2cccc(C(F)(F)F)n2)n1)=C1CC1. The summed E-state index contributed by atoms with van der Waals surface area (Å²) in [5.74, 6) is -0.0899. The van der Waals surface area contributed by atoms with E-state index in [1.165, 1.54) is 29.8 Å². The van der Waals surface area contributed by atoms with E-state index in [0.29, 0.717) is 5.56 Å². The van der Waals surface area contributed by atoms with Crippen molar-refractivity contribution in [2.75, 3.05) is 10.6 Å². The van der Waals surface area contributed by atoms with Crippen LogP contribution in [0.5, 0.6) is 0 Å². The third kappa shape index (κ3) is 5.19. The summed E-state index contributed by atoms with van der Waals surface area (Å²) < 4.78 is 53.0. The van der Waals surface area contributed by atoms with Crippen LogP contribution in [0.15, 0.2) is 53.7 Å². The van der Waals surface area contributed by atoms with Gasteiger partial charge in [-0.1, -0.05) is 23.8 Å². The lowest BCUT2D eigenvalue weighted by atomic mass is 10.1. The Morgan fingerprint density at radius 1 is 0.969 bits per heavy atom. The second-order valence-electron chi connectivity index (χ2n) is 7.49. The molecule has 0 radical (unpaired) electrons. The molecule has 1 aliphatic carbocycles. The number of pyridine rings is 1. The van der Waals surface area contributed by atoms with Crippen LogP contribution in [0.2, 0.25) is 0 Å². The first kappa shape index (κ1) is 21.7. The van der Waals surface area contributed by atoms with Gasteiger partial charge < -0.3 is 10.6 Å². The van der Waals surface area contributed by atoms with Crippen LogP contribution >= 0.6 is 0 Å². The third-order valence-electron chi connectivity index (χ3n) is 4.93. The molecule has 0 bridgehead atoms. The molecule has 10 heteroatoms. The van der Waals surface area contributed by atoms with Crippen LogP contribution < -0.4 is 10.6 Å². The predicted molar refractivity (Wildman–Crippen MR) is 112 cm³/mol. The van der Waals surface area contributed by atoms with E-state index < -0.39 is 11.9 Å². The minimum Gasteiger partial charge on any atom is -0.348 e. The fourth-order valence-corrected chi connectivity index (χ4v) is 3.07. The van der Waals surface area contributed by atoms with Crippen LogP contribution in [-0.4, -0.2) is 19.9 Å². The van der Waals surface area contributed by atoms with Crippen molar-refractivity contribution >= 4 is 11.9 Å². The standard InChI is InChI=1S/C22H20F4N6/c1-12(14-9-10-14)27-20-30-19(17-7-4-8-18(29-17)22(24,25)26)31-21(32-20)28-13(2)15-5-3-6-16(23)11-15/h3-8,11,13H,9-10H2,1-2H3,(H2,27,28,30,31,32). The molecule has 6 nitrogen and oxygen atoms in total. The maximum absolute atomic E-state index is 13.6. The molecular weight excluding hydrogens is 424 g/mol. The molecule has 2 N–H and O–H groups in total. The lowest BCUT2D eigenvalue weighted by molar-refractivity contribution is -0.141. The Hall–Kier alpha value is -3.56. The fraction of sp³-hybridized carbons (Fsp3) is 0.273. The van der Waals surface area contributed by atoms with Crippen LogP contribution in [0, 0.1) is 5.82 Å². The Morgan fingerprint density at radius 3 is 2.38 bits per heavy atom. The highest BCUT2D eigenvalue weighted by Crippen LogP contribution is 2.32. The van der Waals surface area contributed by atoms with Gasteiger partial charge in [0, 0.05) is 5.70 Å². The van der Waals surface area contributed by atoms with Gasteiger partial charge in [0.15, 0.2) is 5.82 Å². The van der Waals surface area contributed by atoms with E-state index in [1.54, 1.807) is 19.1 Å². The first-order valence-electron chi connectivity index (χ1n) is 9.97. The third-order valence-corrected chi connectivity index (χ3v) is 4.93. The average Bonchev–Trinajstić information content (AvgIpc) is 3.58. The normalized spacial score (nSPS) is 14.1. The molecule has 3 aromatic rings. The molecule has 1 fully saturated rings. The summed E-state index contributed by atoms with van der Waals surface area (Å²) in [6.45, 7) is 3.68. The van der Waals surface area contributed by atoms with Crippen molar-refractivity contribution in [2.24, 2.45) is 0 Å². The zero-order valence-corrected chi connectivity index (χ0v) is 17.3. The average molecular weight is 444 g/mol. The molecule has 2 aromatic heterocycles. The topological polar surface area (TPSA) is 75.6 Å². The number of alkyl halides is 3. The second kappa shape index (κ2) is 8.52. The van der Waals surface area contributed by atoms with Gasteiger partial charge in [0.1, 0.15) is 17.2 Å². The number of nitrogens with one attached hydrogen (secondary N) is 2. The molecule has 0 aliphatic heterocycles. The van der Waals surface area contributed by atoms with Gasteiger partial charge in [-0.15, -0.1) is 0 Å². The number of rotatable bonds is 6. The number of halogens is 4. The number of benzene rings is 1. The Morgan fingerprint density at radius 2 is 1.69 bits per heavy atom. The zero-order chi connectivity index (χ0) is 22.9. The Bertz CT molecular complexity index is 1170. The predicted octanol–water partition coefficient (Wildman–Crippen LogP) is 5.74. The van der Waals surface area contributed by atoms with E-state index >= 15 is 0 Å². The van der Waals surface area contributed by atoms with Crippen molar-refractivity contribution in [3.63, 3.8) is 0 Å². The van der Waals surface area contributed by atoms with Gasteiger partial charge in [-0.05, 0) is 56.5 Å². The molecule has 1 saturated carbocycles. The maximum Gasteiger partial charge on any atom is 0.433 e. The van der Waals surface area contributed by atoms with Crippen molar-refractivity contribution in [1.29, 1.82) is 0 Å². The first-order chi connectivity index (χ1) is 15.2. The van der Waals surface area contributed by atoms with E-state index in [1.807, 2.05) is 6.92 Å². The van der Waals surface area contributed by atoms with E-state index in [-0.39, 0.29) is 35.3 Å². The lowest BCUT2D eigenvalue weighted by Crippen LogP contribution is -2.13. The Kier molecular flexibility index (Phi) is 5.77.